The molecular weight excluding hydrogens is 405 g/mol. The highest BCUT2D eigenvalue weighted by molar-refractivity contribution is 5.97. The maximum Gasteiger partial charge on any atom is 0.341 e. The van der Waals surface area contributed by atoms with E-state index in [1.165, 1.54) is 6.20 Å². The fourth-order valence-corrected chi connectivity index (χ4v) is 4.32. The average molecular weight is 425 g/mol. The number of carbonyl (C=O) groups is 1. The summed E-state index contributed by atoms with van der Waals surface area (Å²) in [6.45, 7) is 3.21. The third-order valence-electron chi connectivity index (χ3n) is 5.79. The number of aromatic nitrogens is 3. The fraction of sp³-hybridized carbons (Fsp3) is 0.333. The van der Waals surface area contributed by atoms with Crippen LogP contribution in [-0.2, 0) is 0 Å². The number of nitrogens with zero attached hydrogens (tertiary/aromatic N) is 4. The summed E-state index contributed by atoms with van der Waals surface area (Å²) >= 11 is 0. The molecule has 1 fully saturated rings. The zero-order valence-electron chi connectivity index (χ0n) is 16.7. The van der Waals surface area contributed by atoms with Gasteiger partial charge in [-0.15, -0.1) is 0 Å². The van der Waals surface area contributed by atoms with Gasteiger partial charge in [0.2, 0.25) is 5.43 Å². The normalized spacial score (nSPS) is 20.0. The summed E-state index contributed by atoms with van der Waals surface area (Å²) in [4.78, 5) is 34.4. The van der Waals surface area contributed by atoms with E-state index in [1.807, 2.05) is 11.8 Å². The van der Waals surface area contributed by atoms with Crippen LogP contribution in [0.4, 0.5) is 15.9 Å². The average Bonchev–Trinajstić information content (AvgIpc) is 3.20. The van der Waals surface area contributed by atoms with Gasteiger partial charge >= 0.3 is 5.97 Å². The van der Waals surface area contributed by atoms with Crippen LogP contribution >= 0.6 is 0 Å². The second-order valence-electron chi connectivity index (χ2n) is 7.84. The molecule has 2 aliphatic heterocycles. The minimum Gasteiger partial charge on any atom is -0.487 e. The summed E-state index contributed by atoms with van der Waals surface area (Å²) in [5, 5.41) is 12.7. The van der Waals surface area contributed by atoms with Gasteiger partial charge in [-0.1, -0.05) is 0 Å². The summed E-state index contributed by atoms with van der Waals surface area (Å²) in [7, 11) is 0. The molecule has 2 aromatic heterocycles. The number of benzene rings is 1. The lowest BCUT2D eigenvalue weighted by molar-refractivity contribution is 0.0694. The van der Waals surface area contributed by atoms with Gasteiger partial charge in [0.1, 0.15) is 23.7 Å². The second-order valence-corrected chi connectivity index (χ2v) is 7.84. The molecule has 1 aromatic carbocycles. The number of nitrogens with one attached hydrogen (secondary N) is 1. The molecule has 3 aromatic rings. The Morgan fingerprint density at radius 1 is 1.39 bits per heavy atom. The van der Waals surface area contributed by atoms with Gasteiger partial charge in [-0.05, 0) is 19.4 Å². The molecule has 31 heavy (non-hydrogen) atoms. The van der Waals surface area contributed by atoms with Crippen molar-refractivity contribution in [1.82, 2.24) is 14.5 Å². The van der Waals surface area contributed by atoms with E-state index in [-0.39, 0.29) is 35.4 Å². The van der Waals surface area contributed by atoms with Crippen molar-refractivity contribution in [3.63, 3.8) is 0 Å². The quantitative estimate of drug-likeness (QED) is 0.655. The zero-order valence-corrected chi connectivity index (χ0v) is 16.7. The lowest BCUT2D eigenvalue weighted by atomic mass is 10.1. The van der Waals surface area contributed by atoms with E-state index >= 15 is 4.39 Å². The van der Waals surface area contributed by atoms with Gasteiger partial charge in [0.25, 0.3) is 0 Å². The molecule has 1 saturated heterocycles. The van der Waals surface area contributed by atoms with Crippen molar-refractivity contribution in [1.29, 1.82) is 0 Å². The Kier molecular flexibility index (Phi) is 4.49. The van der Waals surface area contributed by atoms with Crippen molar-refractivity contribution < 1.29 is 19.0 Å². The van der Waals surface area contributed by atoms with E-state index in [1.54, 1.807) is 23.2 Å². The number of hydrogen-bond donors (Lipinski definition) is 2. The molecule has 2 aliphatic rings. The van der Waals surface area contributed by atoms with Gasteiger partial charge in [0.15, 0.2) is 11.6 Å². The van der Waals surface area contributed by atoms with E-state index in [4.69, 9.17) is 4.74 Å². The molecule has 160 valence electrons. The van der Waals surface area contributed by atoms with E-state index in [9.17, 15) is 14.7 Å². The lowest BCUT2D eigenvalue weighted by Crippen LogP contribution is -2.30. The highest BCUT2D eigenvalue weighted by atomic mass is 19.1. The van der Waals surface area contributed by atoms with E-state index in [2.05, 4.69) is 15.3 Å². The number of anilines is 2. The molecule has 0 aliphatic carbocycles. The molecule has 5 rings (SSSR count). The van der Waals surface area contributed by atoms with E-state index in [0.29, 0.717) is 30.1 Å². The van der Waals surface area contributed by atoms with Crippen molar-refractivity contribution in [3.8, 4) is 5.75 Å². The molecule has 0 bridgehead atoms. The van der Waals surface area contributed by atoms with Gasteiger partial charge in [0, 0.05) is 37.7 Å². The van der Waals surface area contributed by atoms with Gasteiger partial charge < -0.3 is 24.6 Å². The number of halogens is 1. The number of ether oxygens (including phenoxy) is 1. The van der Waals surface area contributed by atoms with Crippen molar-refractivity contribution >= 4 is 28.4 Å². The molecule has 0 unspecified atom stereocenters. The summed E-state index contributed by atoms with van der Waals surface area (Å²) in [6, 6.07) is 0.972. The molecule has 0 saturated carbocycles. The lowest BCUT2D eigenvalue weighted by Gasteiger charge is -2.31. The van der Waals surface area contributed by atoms with Crippen molar-refractivity contribution in [3.05, 3.63) is 52.5 Å². The van der Waals surface area contributed by atoms with Gasteiger partial charge in [0.05, 0.1) is 23.1 Å². The number of aromatic carboxylic acids is 1. The number of carboxylic acid groups (broad SMARTS) is 1. The summed E-state index contributed by atoms with van der Waals surface area (Å²) < 4.78 is 22.9. The van der Waals surface area contributed by atoms with Crippen LogP contribution < -0.4 is 20.4 Å². The first-order valence-corrected chi connectivity index (χ1v) is 9.99. The predicted molar refractivity (Wildman–Crippen MR) is 112 cm³/mol. The van der Waals surface area contributed by atoms with Crippen molar-refractivity contribution in [2.75, 3.05) is 29.9 Å². The second kappa shape index (κ2) is 7.22. The van der Waals surface area contributed by atoms with Crippen LogP contribution in [0.1, 0.15) is 29.7 Å². The predicted octanol–water partition coefficient (Wildman–Crippen LogP) is 2.27. The van der Waals surface area contributed by atoms with Gasteiger partial charge in [-0.3, -0.25) is 9.78 Å². The molecule has 4 heterocycles. The molecule has 0 amide bonds. The van der Waals surface area contributed by atoms with Crippen molar-refractivity contribution in [2.45, 2.75) is 25.4 Å². The summed E-state index contributed by atoms with van der Waals surface area (Å²) in [5.74, 6) is -1.02. The summed E-state index contributed by atoms with van der Waals surface area (Å²) in [5.41, 5.74) is -0.380. The largest absolute Gasteiger partial charge is 0.487 e. The molecular formula is C21H20FN5O4. The minimum absolute atomic E-state index is 0.0103. The fourth-order valence-electron chi connectivity index (χ4n) is 4.32. The molecule has 2 atom stereocenters. The molecule has 0 radical (unpaired) electrons. The third-order valence-corrected chi connectivity index (χ3v) is 5.79. The van der Waals surface area contributed by atoms with Crippen LogP contribution in [-0.4, -0.2) is 51.3 Å². The first-order chi connectivity index (χ1) is 14.9. The highest BCUT2D eigenvalue weighted by Crippen LogP contribution is 2.42. The Morgan fingerprint density at radius 2 is 2.23 bits per heavy atom. The maximum atomic E-state index is 15.3. The van der Waals surface area contributed by atoms with E-state index < -0.39 is 17.2 Å². The zero-order chi connectivity index (χ0) is 21.7. The van der Waals surface area contributed by atoms with Crippen LogP contribution in [0, 0.1) is 5.82 Å². The van der Waals surface area contributed by atoms with E-state index in [0.717, 1.165) is 12.5 Å². The van der Waals surface area contributed by atoms with Crippen LogP contribution in [0.3, 0.4) is 0 Å². The monoisotopic (exact) mass is 425 g/mol. The Morgan fingerprint density at radius 3 is 2.97 bits per heavy atom. The van der Waals surface area contributed by atoms with Crippen LogP contribution in [0.2, 0.25) is 0 Å². The number of carboxylic acids is 1. The number of pyridine rings is 1. The third kappa shape index (κ3) is 3.15. The van der Waals surface area contributed by atoms with Crippen LogP contribution in [0.15, 0.2) is 35.6 Å². The molecule has 9 nitrogen and oxygen atoms in total. The van der Waals surface area contributed by atoms with Crippen LogP contribution in [0.5, 0.6) is 5.75 Å². The molecule has 10 heteroatoms. The smallest absolute Gasteiger partial charge is 0.341 e. The standard InChI is InChI=1S/C21H20FN5O4/c1-11-10-31-20-17-13(19(28)14(21(29)30)9-27(11)17)6-15(22)18(20)26-5-2-12(8-26)25-16-7-23-3-4-24-16/h3-4,6-7,9,11-12H,2,5,8,10H2,1H3,(H,24,25)(H,29,30)/t11-,12+/m0/s1. The first-order valence-electron chi connectivity index (χ1n) is 9.99. The number of rotatable bonds is 4. The molecule has 2 N–H and O–H groups in total. The number of hydrogen-bond acceptors (Lipinski definition) is 7. The SMILES string of the molecule is C[C@H]1COc2c(N3CC[C@@H](Nc4cnccn4)C3)c(F)cc3c(=O)c(C(=O)O)cn1c23. The molecule has 0 spiro atoms. The Bertz CT molecular complexity index is 1250. The Balaban J connectivity index is 1.58. The summed E-state index contributed by atoms with van der Waals surface area (Å²) in [6.07, 6.45) is 6.91. The highest BCUT2D eigenvalue weighted by Gasteiger charge is 2.33. The van der Waals surface area contributed by atoms with Crippen LogP contribution in [0.25, 0.3) is 10.9 Å². The van der Waals surface area contributed by atoms with Gasteiger partial charge in [-0.25, -0.2) is 14.2 Å². The maximum absolute atomic E-state index is 15.3. The Labute approximate surface area is 176 Å². The minimum atomic E-state index is -1.34. The van der Waals surface area contributed by atoms with Gasteiger partial charge in [-0.2, -0.15) is 0 Å². The Hall–Kier alpha value is -3.69. The van der Waals surface area contributed by atoms with Crippen molar-refractivity contribution in [2.24, 2.45) is 0 Å². The first kappa shape index (κ1) is 19.3. The topological polar surface area (TPSA) is 110 Å².